The number of hydrogen-bond acceptors (Lipinski definition) is 8. The van der Waals surface area contributed by atoms with Crippen molar-refractivity contribution in [2.75, 3.05) is 18.1 Å². The highest BCUT2D eigenvalue weighted by molar-refractivity contribution is 5.93. The Morgan fingerprint density at radius 1 is 1.02 bits per heavy atom. The number of alkyl halides is 1. The molecular weight excluding hydrogens is 547 g/mol. The molecule has 0 aromatic carbocycles. The lowest BCUT2D eigenvalue weighted by Gasteiger charge is -2.66. The second-order valence-corrected chi connectivity index (χ2v) is 14.9. The van der Waals surface area contributed by atoms with E-state index in [2.05, 4.69) is 40.9 Å². The number of halogens is 1. The molecule has 6 saturated carbocycles. The fourth-order valence-corrected chi connectivity index (χ4v) is 8.09. The standard InChI is InChI=1S/C33H41FN6O3/c1-5-42-23-16-36-26(37-17-23)22-6-13-35-24(14-22)40(25(41)15-31-18-33(34,19-31)20-31)21-30-7-10-32(11-8-30,12-9-30)27-38-28(43-39-27)29(2,3)4/h6,13-14,16-17H,5,7-12,15,18-21H2,1-4H3. The molecule has 0 spiro atoms. The molecule has 10 heteroatoms. The third-order valence-electron chi connectivity index (χ3n) is 10.6. The first kappa shape index (κ1) is 28.3. The van der Waals surface area contributed by atoms with E-state index in [1.807, 2.05) is 24.0 Å². The van der Waals surface area contributed by atoms with E-state index in [9.17, 15) is 9.18 Å². The van der Waals surface area contributed by atoms with Crippen molar-refractivity contribution >= 4 is 11.7 Å². The van der Waals surface area contributed by atoms with Crippen LogP contribution in [0.2, 0.25) is 0 Å². The van der Waals surface area contributed by atoms with Gasteiger partial charge in [0.1, 0.15) is 11.5 Å². The molecule has 0 N–H and O–H groups in total. The highest BCUT2D eigenvalue weighted by Gasteiger charge is 2.69. The molecule has 0 aliphatic heterocycles. The summed E-state index contributed by atoms with van der Waals surface area (Å²) < 4.78 is 25.5. The summed E-state index contributed by atoms with van der Waals surface area (Å²) in [5, 5.41) is 4.44. The van der Waals surface area contributed by atoms with Crippen LogP contribution in [-0.2, 0) is 15.6 Å². The predicted octanol–water partition coefficient (Wildman–Crippen LogP) is 6.53. The molecular formula is C33H41FN6O3. The van der Waals surface area contributed by atoms with Crippen molar-refractivity contribution in [1.82, 2.24) is 25.1 Å². The summed E-state index contributed by atoms with van der Waals surface area (Å²) >= 11 is 0. The Morgan fingerprint density at radius 3 is 2.28 bits per heavy atom. The van der Waals surface area contributed by atoms with Gasteiger partial charge < -0.3 is 9.26 Å². The molecule has 9 rings (SSSR count). The van der Waals surface area contributed by atoms with E-state index in [1.165, 1.54) is 0 Å². The lowest BCUT2D eigenvalue weighted by atomic mass is 9.41. The van der Waals surface area contributed by atoms with Gasteiger partial charge in [0.25, 0.3) is 0 Å². The maximum Gasteiger partial charge on any atom is 0.232 e. The first-order chi connectivity index (χ1) is 20.4. The number of aromatic nitrogens is 5. The van der Waals surface area contributed by atoms with Gasteiger partial charge >= 0.3 is 0 Å². The number of pyridine rings is 1. The van der Waals surface area contributed by atoms with Gasteiger partial charge in [-0.1, -0.05) is 25.9 Å². The zero-order valence-electron chi connectivity index (χ0n) is 25.7. The van der Waals surface area contributed by atoms with Crippen LogP contribution in [0.15, 0.2) is 35.2 Å². The summed E-state index contributed by atoms with van der Waals surface area (Å²) in [5.41, 5.74) is -0.693. The van der Waals surface area contributed by atoms with Crippen molar-refractivity contribution in [3.8, 4) is 17.1 Å². The number of anilines is 1. The van der Waals surface area contributed by atoms with Gasteiger partial charge in [-0.05, 0) is 87.7 Å². The number of hydrogen-bond donors (Lipinski definition) is 0. The van der Waals surface area contributed by atoms with Crippen LogP contribution in [0, 0.1) is 10.8 Å². The molecule has 0 unspecified atom stereocenters. The topological polar surface area (TPSA) is 107 Å². The zero-order valence-corrected chi connectivity index (χ0v) is 25.7. The summed E-state index contributed by atoms with van der Waals surface area (Å²) in [5.74, 6) is 3.32. The minimum atomic E-state index is -1.04. The third-order valence-corrected chi connectivity index (χ3v) is 10.6. The molecule has 3 aromatic heterocycles. The van der Waals surface area contributed by atoms with Crippen LogP contribution in [0.25, 0.3) is 11.4 Å². The molecule has 1 amide bonds. The van der Waals surface area contributed by atoms with Crippen LogP contribution in [-0.4, -0.2) is 49.8 Å². The second-order valence-electron chi connectivity index (χ2n) is 14.9. The van der Waals surface area contributed by atoms with Crippen LogP contribution in [0.1, 0.15) is 104 Å². The highest BCUT2D eigenvalue weighted by atomic mass is 19.1. The molecule has 6 fully saturated rings. The van der Waals surface area contributed by atoms with E-state index < -0.39 is 5.67 Å². The number of nitrogens with zero attached hydrogens (tertiary/aromatic N) is 6. The molecule has 43 heavy (non-hydrogen) atoms. The number of amides is 1. The van der Waals surface area contributed by atoms with E-state index in [0.717, 1.165) is 49.9 Å². The van der Waals surface area contributed by atoms with Gasteiger partial charge in [0.2, 0.25) is 11.8 Å². The highest BCUT2D eigenvalue weighted by Crippen LogP contribution is 2.71. The largest absolute Gasteiger partial charge is 0.491 e. The zero-order chi connectivity index (χ0) is 30.1. The molecule has 6 aliphatic carbocycles. The predicted molar refractivity (Wildman–Crippen MR) is 158 cm³/mol. The average Bonchev–Trinajstić information content (AvgIpc) is 3.49. The van der Waals surface area contributed by atoms with Crippen LogP contribution < -0.4 is 9.64 Å². The molecule has 3 heterocycles. The molecule has 6 aliphatic rings. The maximum absolute atomic E-state index is 14.4. The number of ether oxygens (including phenoxy) is 1. The molecule has 0 radical (unpaired) electrons. The quantitative estimate of drug-likeness (QED) is 0.278. The molecule has 3 aromatic rings. The second kappa shape index (κ2) is 9.79. The van der Waals surface area contributed by atoms with Crippen molar-refractivity contribution in [2.24, 2.45) is 10.8 Å². The normalized spacial score (nSPS) is 30.8. The van der Waals surface area contributed by atoms with Gasteiger partial charge in [0, 0.05) is 35.6 Å². The first-order valence-electron chi connectivity index (χ1n) is 15.7. The van der Waals surface area contributed by atoms with Gasteiger partial charge in [-0.2, -0.15) is 4.98 Å². The Kier molecular flexibility index (Phi) is 6.45. The summed E-state index contributed by atoms with van der Waals surface area (Å²) in [7, 11) is 0. The first-order valence-corrected chi connectivity index (χ1v) is 15.7. The molecule has 0 atom stereocenters. The summed E-state index contributed by atoms with van der Waals surface area (Å²) in [4.78, 5) is 34.4. The number of carbonyl (C=O) groups excluding carboxylic acids is 1. The third kappa shape index (κ3) is 5.00. The van der Waals surface area contributed by atoms with Gasteiger partial charge in [-0.15, -0.1) is 0 Å². The lowest BCUT2D eigenvalue weighted by Crippen LogP contribution is -2.65. The Balaban J connectivity index is 1.13. The van der Waals surface area contributed by atoms with Crippen molar-refractivity contribution in [3.63, 3.8) is 0 Å². The van der Waals surface area contributed by atoms with Gasteiger partial charge in [0.05, 0.1) is 19.0 Å². The SMILES string of the molecule is CCOc1cnc(-c2ccnc(N(CC34CCC(c5noc(C(C)(C)C)n5)(CC3)CC4)C(=O)CC34CC(F)(C3)C4)c2)nc1. The van der Waals surface area contributed by atoms with E-state index in [1.54, 1.807) is 18.6 Å². The molecule has 228 valence electrons. The number of carbonyl (C=O) groups is 1. The summed E-state index contributed by atoms with van der Waals surface area (Å²) in [6, 6.07) is 3.77. The Bertz CT molecular complexity index is 1490. The minimum absolute atomic E-state index is 0.0118. The smallest absolute Gasteiger partial charge is 0.232 e. The maximum atomic E-state index is 14.4. The van der Waals surface area contributed by atoms with Crippen LogP contribution in [0.3, 0.4) is 0 Å². The molecule has 0 saturated heterocycles. The van der Waals surface area contributed by atoms with E-state index in [0.29, 0.717) is 62.1 Å². The monoisotopic (exact) mass is 588 g/mol. The lowest BCUT2D eigenvalue weighted by molar-refractivity contribution is -0.215. The van der Waals surface area contributed by atoms with Crippen LogP contribution >= 0.6 is 0 Å². The van der Waals surface area contributed by atoms with Crippen molar-refractivity contribution in [3.05, 3.63) is 42.4 Å². The van der Waals surface area contributed by atoms with Gasteiger partial charge in [-0.3, -0.25) is 9.69 Å². The van der Waals surface area contributed by atoms with E-state index in [-0.39, 0.29) is 27.6 Å². The van der Waals surface area contributed by atoms with Gasteiger partial charge in [0.15, 0.2) is 17.4 Å². The fraction of sp³-hybridized carbons (Fsp3) is 0.636. The summed E-state index contributed by atoms with van der Waals surface area (Å²) in [6.45, 7) is 9.32. The van der Waals surface area contributed by atoms with Crippen molar-refractivity contribution < 1.29 is 18.4 Å². The van der Waals surface area contributed by atoms with Crippen molar-refractivity contribution in [1.29, 1.82) is 0 Å². The van der Waals surface area contributed by atoms with E-state index in [4.69, 9.17) is 14.2 Å². The minimum Gasteiger partial charge on any atom is -0.491 e. The fourth-order valence-electron chi connectivity index (χ4n) is 8.09. The Morgan fingerprint density at radius 2 is 1.70 bits per heavy atom. The Labute approximate surface area is 252 Å². The number of rotatable bonds is 9. The van der Waals surface area contributed by atoms with E-state index >= 15 is 0 Å². The van der Waals surface area contributed by atoms with Gasteiger partial charge in [-0.25, -0.2) is 19.3 Å². The van der Waals surface area contributed by atoms with Crippen molar-refractivity contribution in [2.45, 2.75) is 108 Å². The van der Waals surface area contributed by atoms with Crippen LogP contribution in [0.4, 0.5) is 10.2 Å². The van der Waals surface area contributed by atoms with Crippen LogP contribution in [0.5, 0.6) is 5.75 Å². The summed E-state index contributed by atoms with van der Waals surface area (Å²) in [6.07, 6.45) is 12.8. The average molecular weight is 589 g/mol. The Hall–Kier alpha value is -3.43. The molecule has 9 nitrogen and oxygen atoms in total. The number of fused-ring (bicyclic) bond motifs is 3. The molecule has 4 bridgehead atoms.